The fraction of sp³-hybridized carbons (Fsp3) is 0.467. The maximum atomic E-state index is 11.8. The fourth-order valence-corrected chi connectivity index (χ4v) is 1.98. The minimum absolute atomic E-state index is 0.0699. The summed E-state index contributed by atoms with van der Waals surface area (Å²) >= 11 is 0. The Morgan fingerprint density at radius 3 is 2.90 bits per heavy atom. The van der Waals surface area contributed by atoms with Crippen LogP contribution in [0.3, 0.4) is 0 Å². The predicted molar refractivity (Wildman–Crippen MR) is 81.5 cm³/mol. The molecule has 2 amide bonds. The van der Waals surface area contributed by atoms with Gasteiger partial charge in [-0.2, -0.15) is 0 Å². The normalized spacial score (nSPS) is 17.0. The van der Waals surface area contributed by atoms with Gasteiger partial charge in [0.05, 0.1) is 5.69 Å². The van der Waals surface area contributed by atoms with Crippen LogP contribution in [0, 0.1) is 0 Å². The molecule has 6 heteroatoms. The summed E-state index contributed by atoms with van der Waals surface area (Å²) in [4.78, 5) is 23.4. The Labute approximate surface area is 124 Å². The smallest absolute Gasteiger partial charge is 0.265 e. The lowest BCUT2D eigenvalue weighted by Gasteiger charge is -2.23. The van der Waals surface area contributed by atoms with Crippen LogP contribution < -0.4 is 20.7 Å². The number of hydrogen-bond donors (Lipinski definition) is 3. The van der Waals surface area contributed by atoms with E-state index in [2.05, 4.69) is 16.0 Å². The van der Waals surface area contributed by atoms with E-state index < -0.39 is 6.10 Å². The van der Waals surface area contributed by atoms with Crippen LogP contribution in [0.1, 0.15) is 27.2 Å². The molecule has 1 atom stereocenters. The molecule has 1 unspecified atom stereocenters. The van der Waals surface area contributed by atoms with Crippen LogP contribution in [0.25, 0.3) is 0 Å². The molecular weight excluding hydrogens is 270 g/mol. The highest BCUT2D eigenvalue weighted by molar-refractivity contribution is 5.99. The van der Waals surface area contributed by atoms with Crippen molar-refractivity contribution in [2.45, 2.75) is 39.3 Å². The number of carbonyl (C=O) groups excluding carboxylic acids is 2. The van der Waals surface area contributed by atoms with E-state index in [1.807, 2.05) is 13.8 Å². The van der Waals surface area contributed by atoms with Gasteiger partial charge in [-0.1, -0.05) is 13.8 Å². The molecular formula is C15H21N3O3. The Hall–Kier alpha value is -2.08. The van der Waals surface area contributed by atoms with Gasteiger partial charge < -0.3 is 20.7 Å². The molecule has 21 heavy (non-hydrogen) atoms. The number of carbonyl (C=O) groups is 2. The second kappa shape index (κ2) is 6.58. The van der Waals surface area contributed by atoms with Gasteiger partial charge in [0.15, 0.2) is 6.10 Å². The lowest BCUT2D eigenvalue weighted by atomic mass is 10.2. The van der Waals surface area contributed by atoms with Crippen molar-refractivity contribution in [2.24, 2.45) is 0 Å². The number of hydrogen-bond acceptors (Lipinski definition) is 4. The number of anilines is 2. The minimum atomic E-state index is -0.500. The lowest BCUT2D eigenvalue weighted by molar-refractivity contribution is -0.122. The van der Waals surface area contributed by atoms with E-state index >= 15 is 0 Å². The van der Waals surface area contributed by atoms with E-state index in [-0.39, 0.29) is 11.8 Å². The van der Waals surface area contributed by atoms with Crippen LogP contribution in [0.5, 0.6) is 5.75 Å². The van der Waals surface area contributed by atoms with Crippen LogP contribution in [-0.2, 0) is 9.59 Å². The zero-order valence-electron chi connectivity index (χ0n) is 12.5. The second-order valence-electron chi connectivity index (χ2n) is 5.37. The lowest BCUT2D eigenvalue weighted by Crippen LogP contribution is -2.34. The average Bonchev–Trinajstić information content (AvgIpc) is 2.40. The summed E-state index contributed by atoms with van der Waals surface area (Å²) in [6, 6.07) is 5.56. The first-order valence-corrected chi connectivity index (χ1v) is 7.10. The molecule has 0 aromatic heterocycles. The summed E-state index contributed by atoms with van der Waals surface area (Å²) in [5, 5.41) is 8.74. The van der Waals surface area contributed by atoms with Crippen molar-refractivity contribution in [1.29, 1.82) is 0 Å². The van der Waals surface area contributed by atoms with Gasteiger partial charge in [0.25, 0.3) is 5.91 Å². The number of fused-ring (bicyclic) bond motifs is 1. The Kier molecular flexibility index (Phi) is 4.80. The summed E-state index contributed by atoms with van der Waals surface area (Å²) in [5.41, 5.74) is 1.22. The van der Waals surface area contributed by atoms with E-state index in [0.29, 0.717) is 36.1 Å². The number of nitrogens with one attached hydrogen (secondary N) is 3. The fourth-order valence-electron chi connectivity index (χ4n) is 1.98. The van der Waals surface area contributed by atoms with Gasteiger partial charge in [-0.3, -0.25) is 9.59 Å². The Balaban J connectivity index is 1.94. The molecule has 0 spiro atoms. The van der Waals surface area contributed by atoms with Crippen molar-refractivity contribution in [3.8, 4) is 5.75 Å². The molecule has 0 aliphatic carbocycles. The van der Waals surface area contributed by atoms with Gasteiger partial charge in [0, 0.05) is 24.7 Å². The number of benzene rings is 1. The second-order valence-corrected chi connectivity index (χ2v) is 5.37. The van der Waals surface area contributed by atoms with Gasteiger partial charge in [-0.25, -0.2) is 0 Å². The van der Waals surface area contributed by atoms with E-state index in [9.17, 15) is 9.59 Å². The first-order chi connectivity index (χ1) is 9.95. The van der Waals surface area contributed by atoms with Gasteiger partial charge >= 0.3 is 0 Å². The summed E-state index contributed by atoms with van der Waals surface area (Å²) in [6.45, 7) is 6.39. The molecule has 1 aliphatic heterocycles. The first-order valence-electron chi connectivity index (χ1n) is 7.10. The molecule has 6 nitrogen and oxygen atoms in total. The molecule has 0 bridgehead atoms. The maximum absolute atomic E-state index is 11.8. The minimum Gasteiger partial charge on any atom is -0.479 e. The zero-order valence-corrected chi connectivity index (χ0v) is 12.5. The largest absolute Gasteiger partial charge is 0.479 e. The molecule has 1 heterocycles. The van der Waals surface area contributed by atoms with E-state index in [0.717, 1.165) is 0 Å². The van der Waals surface area contributed by atoms with Crippen LogP contribution in [0.15, 0.2) is 18.2 Å². The van der Waals surface area contributed by atoms with Crippen molar-refractivity contribution in [3.05, 3.63) is 18.2 Å². The van der Waals surface area contributed by atoms with Gasteiger partial charge in [-0.05, 0) is 25.1 Å². The third kappa shape index (κ3) is 4.19. The van der Waals surface area contributed by atoms with E-state index in [1.54, 1.807) is 25.1 Å². The topological polar surface area (TPSA) is 79.5 Å². The first kappa shape index (κ1) is 15.3. The Morgan fingerprint density at radius 2 is 2.19 bits per heavy atom. The Bertz CT molecular complexity index is 543. The molecule has 1 aliphatic rings. The third-order valence-electron chi connectivity index (χ3n) is 3.10. The highest BCUT2D eigenvalue weighted by Crippen LogP contribution is 2.32. The van der Waals surface area contributed by atoms with Crippen molar-refractivity contribution in [1.82, 2.24) is 5.32 Å². The van der Waals surface area contributed by atoms with E-state index in [1.165, 1.54) is 0 Å². The molecule has 0 fully saturated rings. The standard InChI is InChI=1S/C15H21N3O3/c1-9(2)16-7-6-14(19)17-11-4-5-13-12(8-11)18-15(20)10(3)21-13/h4-5,8-10,16H,6-7H2,1-3H3,(H,17,19)(H,18,20). The molecule has 2 rings (SSSR count). The molecule has 0 saturated heterocycles. The quantitative estimate of drug-likeness (QED) is 0.772. The molecule has 114 valence electrons. The highest BCUT2D eigenvalue weighted by Gasteiger charge is 2.23. The third-order valence-corrected chi connectivity index (χ3v) is 3.10. The van der Waals surface area contributed by atoms with Gasteiger partial charge in [0.2, 0.25) is 5.91 Å². The Morgan fingerprint density at radius 1 is 1.43 bits per heavy atom. The summed E-state index contributed by atoms with van der Waals surface area (Å²) in [6.07, 6.45) is -0.102. The van der Waals surface area contributed by atoms with Crippen molar-refractivity contribution >= 4 is 23.2 Å². The monoisotopic (exact) mass is 291 g/mol. The van der Waals surface area contributed by atoms with Crippen LogP contribution >= 0.6 is 0 Å². The zero-order chi connectivity index (χ0) is 15.4. The number of amides is 2. The van der Waals surface area contributed by atoms with Crippen molar-refractivity contribution < 1.29 is 14.3 Å². The molecule has 1 aromatic carbocycles. The summed E-state index contributed by atoms with van der Waals surface area (Å²) in [7, 11) is 0. The average molecular weight is 291 g/mol. The van der Waals surface area contributed by atoms with Gasteiger partial charge in [-0.15, -0.1) is 0 Å². The summed E-state index contributed by atoms with van der Waals surface area (Å²) in [5.74, 6) is 0.355. The van der Waals surface area contributed by atoms with Crippen molar-refractivity contribution in [2.75, 3.05) is 17.2 Å². The predicted octanol–water partition coefficient (Wildman–Crippen LogP) is 1.73. The van der Waals surface area contributed by atoms with Gasteiger partial charge in [0.1, 0.15) is 5.75 Å². The molecule has 1 aromatic rings. The number of ether oxygens (including phenoxy) is 1. The van der Waals surface area contributed by atoms with Crippen LogP contribution in [-0.4, -0.2) is 30.5 Å². The van der Waals surface area contributed by atoms with E-state index in [4.69, 9.17) is 4.74 Å². The summed E-state index contributed by atoms with van der Waals surface area (Å²) < 4.78 is 5.46. The number of rotatable bonds is 5. The molecule has 3 N–H and O–H groups in total. The maximum Gasteiger partial charge on any atom is 0.265 e. The van der Waals surface area contributed by atoms with Crippen molar-refractivity contribution in [3.63, 3.8) is 0 Å². The van der Waals surface area contributed by atoms with Crippen LogP contribution in [0.2, 0.25) is 0 Å². The molecule has 0 radical (unpaired) electrons. The SMILES string of the molecule is CC(C)NCCC(=O)Nc1ccc2c(c1)NC(=O)C(C)O2. The highest BCUT2D eigenvalue weighted by atomic mass is 16.5. The van der Waals surface area contributed by atoms with Crippen LogP contribution in [0.4, 0.5) is 11.4 Å². The molecule has 0 saturated carbocycles.